The minimum absolute atomic E-state index is 0.156. The van der Waals surface area contributed by atoms with E-state index in [2.05, 4.69) is 20.2 Å². The van der Waals surface area contributed by atoms with Crippen LogP contribution in [0.4, 0.5) is 15.8 Å². The molecule has 3 rings (SSSR count). The van der Waals surface area contributed by atoms with Crippen molar-refractivity contribution in [1.82, 2.24) is 10.2 Å². The fourth-order valence-corrected chi connectivity index (χ4v) is 3.30. The molecule has 0 fully saturated rings. The maximum atomic E-state index is 13.2. The fraction of sp³-hybridized carbons (Fsp3) is 0.111. The summed E-state index contributed by atoms with van der Waals surface area (Å²) in [6.45, 7) is 2.34. The normalized spacial score (nSPS) is 11.1. The summed E-state index contributed by atoms with van der Waals surface area (Å²) in [4.78, 5) is 12.2. The molecule has 0 bridgehead atoms. The van der Waals surface area contributed by atoms with Crippen molar-refractivity contribution in [2.75, 3.05) is 16.6 Å². The molecule has 0 aliphatic carbocycles. The summed E-state index contributed by atoms with van der Waals surface area (Å²) < 4.78 is 45.8. The standard InChI is InChI=1S/C18H17FN4O4S/c1-2-27-15-8-6-13(7-9-15)23-28(25,26)17-11-16(21-22-17)18(24)20-14-5-3-4-12(19)10-14/h3-11,23H,2H2,1H3,(H,20,24)(H,21,22). The molecular formula is C18H17FN4O4S. The molecule has 0 saturated heterocycles. The smallest absolute Gasteiger partial charge is 0.278 e. The van der Waals surface area contributed by atoms with Crippen molar-refractivity contribution >= 4 is 27.3 Å². The Morgan fingerprint density at radius 3 is 2.57 bits per heavy atom. The first-order valence-electron chi connectivity index (χ1n) is 8.25. The van der Waals surface area contributed by atoms with Crippen LogP contribution in [0, 0.1) is 5.82 Å². The van der Waals surface area contributed by atoms with Gasteiger partial charge in [-0.25, -0.2) is 4.39 Å². The number of hydrogen-bond donors (Lipinski definition) is 3. The number of aromatic nitrogens is 2. The van der Waals surface area contributed by atoms with Gasteiger partial charge < -0.3 is 10.1 Å². The van der Waals surface area contributed by atoms with Gasteiger partial charge in [0.1, 0.15) is 11.6 Å². The minimum Gasteiger partial charge on any atom is -0.494 e. The molecule has 10 heteroatoms. The van der Waals surface area contributed by atoms with Gasteiger partial charge in [0.2, 0.25) is 0 Å². The molecule has 0 atom stereocenters. The van der Waals surface area contributed by atoms with Gasteiger partial charge in [-0.05, 0) is 49.4 Å². The Labute approximate surface area is 160 Å². The Morgan fingerprint density at radius 1 is 1.14 bits per heavy atom. The van der Waals surface area contributed by atoms with E-state index in [4.69, 9.17) is 4.74 Å². The van der Waals surface area contributed by atoms with E-state index in [1.165, 1.54) is 18.2 Å². The molecule has 28 heavy (non-hydrogen) atoms. The van der Waals surface area contributed by atoms with Crippen LogP contribution in [-0.2, 0) is 10.0 Å². The highest BCUT2D eigenvalue weighted by molar-refractivity contribution is 7.92. The first-order chi connectivity index (χ1) is 13.4. The van der Waals surface area contributed by atoms with Crippen LogP contribution in [-0.4, -0.2) is 31.1 Å². The number of halogens is 1. The molecule has 3 aromatic rings. The molecule has 0 radical (unpaired) electrons. The van der Waals surface area contributed by atoms with Crippen LogP contribution in [0.1, 0.15) is 17.4 Å². The average Bonchev–Trinajstić information content (AvgIpc) is 3.15. The third-order valence-electron chi connectivity index (χ3n) is 3.58. The lowest BCUT2D eigenvalue weighted by molar-refractivity contribution is 0.102. The first kappa shape index (κ1) is 19.4. The van der Waals surface area contributed by atoms with Gasteiger partial charge in [-0.15, -0.1) is 0 Å². The van der Waals surface area contributed by atoms with Crippen LogP contribution in [0.2, 0.25) is 0 Å². The monoisotopic (exact) mass is 404 g/mol. The molecule has 0 aliphatic heterocycles. The Bertz CT molecular complexity index is 1080. The van der Waals surface area contributed by atoms with Gasteiger partial charge in [0.05, 0.1) is 6.61 Å². The summed E-state index contributed by atoms with van der Waals surface area (Å²) in [5.41, 5.74) is 0.394. The third kappa shape index (κ3) is 4.65. The van der Waals surface area contributed by atoms with Crippen LogP contribution < -0.4 is 14.8 Å². The van der Waals surface area contributed by atoms with Crippen molar-refractivity contribution in [1.29, 1.82) is 0 Å². The van der Waals surface area contributed by atoms with Crippen LogP contribution >= 0.6 is 0 Å². The van der Waals surface area contributed by atoms with Crippen molar-refractivity contribution in [2.45, 2.75) is 11.9 Å². The highest BCUT2D eigenvalue weighted by Crippen LogP contribution is 2.19. The zero-order chi connectivity index (χ0) is 20.1. The number of anilines is 2. The van der Waals surface area contributed by atoms with Crippen LogP contribution in [0.5, 0.6) is 5.75 Å². The van der Waals surface area contributed by atoms with E-state index < -0.39 is 21.7 Å². The zero-order valence-corrected chi connectivity index (χ0v) is 15.6. The fourth-order valence-electron chi connectivity index (χ4n) is 2.32. The number of benzene rings is 2. The van der Waals surface area contributed by atoms with E-state index in [0.29, 0.717) is 18.0 Å². The largest absolute Gasteiger partial charge is 0.494 e. The van der Waals surface area contributed by atoms with E-state index in [0.717, 1.165) is 12.1 Å². The number of H-pyrrole nitrogens is 1. The molecule has 0 aliphatic rings. The van der Waals surface area contributed by atoms with Crippen LogP contribution in [0.25, 0.3) is 0 Å². The number of nitrogens with one attached hydrogen (secondary N) is 3. The van der Waals surface area contributed by atoms with Crippen molar-refractivity contribution in [3.63, 3.8) is 0 Å². The zero-order valence-electron chi connectivity index (χ0n) is 14.8. The maximum Gasteiger partial charge on any atom is 0.278 e. The van der Waals surface area contributed by atoms with Crippen molar-refractivity contribution in [3.05, 3.63) is 66.1 Å². The topological polar surface area (TPSA) is 113 Å². The lowest BCUT2D eigenvalue weighted by Gasteiger charge is -2.07. The second-order valence-corrected chi connectivity index (χ2v) is 7.30. The van der Waals surface area contributed by atoms with Gasteiger partial charge in [0.15, 0.2) is 10.7 Å². The summed E-state index contributed by atoms with van der Waals surface area (Å²) in [5.74, 6) is -0.574. The van der Waals surface area contributed by atoms with Gasteiger partial charge in [-0.2, -0.15) is 13.5 Å². The number of carbonyl (C=O) groups is 1. The van der Waals surface area contributed by atoms with E-state index >= 15 is 0 Å². The van der Waals surface area contributed by atoms with Crippen molar-refractivity contribution < 1.29 is 22.3 Å². The summed E-state index contributed by atoms with van der Waals surface area (Å²) in [7, 11) is -3.98. The lowest BCUT2D eigenvalue weighted by atomic mass is 10.3. The second kappa shape index (κ2) is 8.09. The lowest BCUT2D eigenvalue weighted by Crippen LogP contribution is -2.14. The number of aromatic amines is 1. The van der Waals surface area contributed by atoms with Crippen LogP contribution in [0.3, 0.4) is 0 Å². The molecule has 2 aromatic carbocycles. The Kier molecular flexibility index (Phi) is 5.59. The van der Waals surface area contributed by atoms with Gasteiger partial charge >= 0.3 is 0 Å². The maximum absolute atomic E-state index is 13.2. The average molecular weight is 404 g/mol. The molecule has 8 nitrogen and oxygen atoms in total. The van der Waals surface area contributed by atoms with E-state index in [-0.39, 0.29) is 16.4 Å². The van der Waals surface area contributed by atoms with Crippen LogP contribution in [0.15, 0.2) is 59.6 Å². The summed E-state index contributed by atoms with van der Waals surface area (Å²) in [6, 6.07) is 12.8. The molecule has 0 unspecified atom stereocenters. The SMILES string of the molecule is CCOc1ccc(NS(=O)(=O)c2cc(C(=O)Nc3cccc(F)c3)n[nH]2)cc1. The Hall–Kier alpha value is -3.40. The van der Waals surface area contributed by atoms with Gasteiger partial charge in [0.25, 0.3) is 15.9 Å². The Morgan fingerprint density at radius 2 is 1.89 bits per heavy atom. The van der Waals surface area contributed by atoms with E-state index in [1.807, 2.05) is 6.92 Å². The summed E-state index contributed by atoms with van der Waals surface area (Å²) in [5, 5.41) is 8.18. The number of rotatable bonds is 7. The van der Waals surface area contributed by atoms with Gasteiger partial charge in [0, 0.05) is 17.4 Å². The molecule has 0 saturated carbocycles. The number of amides is 1. The number of nitrogens with zero attached hydrogens (tertiary/aromatic N) is 1. The minimum atomic E-state index is -3.98. The molecule has 146 valence electrons. The molecule has 0 spiro atoms. The number of sulfonamides is 1. The summed E-state index contributed by atoms with van der Waals surface area (Å²) >= 11 is 0. The Balaban J connectivity index is 1.71. The molecule has 1 amide bonds. The van der Waals surface area contributed by atoms with E-state index in [1.54, 1.807) is 24.3 Å². The first-order valence-corrected chi connectivity index (χ1v) is 9.74. The van der Waals surface area contributed by atoms with E-state index in [9.17, 15) is 17.6 Å². The highest BCUT2D eigenvalue weighted by Gasteiger charge is 2.20. The van der Waals surface area contributed by atoms with Gasteiger partial charge in [-0.3, -0.25) is 14.6 Å². The number of ether oxygens (including phenoxy) is 1. The molecule has 3 N–H and O–H groups in total. The predicted molar refractivity (Wildman–Crippen MR) is 101 cm³/mol. The highest BCUT2D eigenvalue weighted by atomic mass is 32.2. The summed E-state index contributed by atoms with van der Waals surface area (Å²) in [6.07, 6.45) is 0. The number of carbonyl (C=O) groups excluding carboxylic acids is 1. The predicted octanol–water partition coefficient (Wildman–Crippen LogP) is 3.00. The second-order valence-electron chi connectivity index (χ2n) is 5.64. The molecule has 1 heterocycles. The molecule has 1 aromatic heterocycles. The quantitative estimate of drug-likeness (QED) is 0.560. The van der Waals surface area contributed by atoms with Crippen molar-refractivity contribution in [2.24, 2.45) is 0 Å². The van der Waals surface area contributed by atoms with Crippen molar-refractivity contribution in [3.8, 4) is 5.75 Å². The molecular weight excluding hydrogens is 387 g/mol. The van der Waals surface area contributed by atoms with Gasteiger partial charge in [-0.1, -0.05) is 6.07 Å². The third-order valence-corrected chi connectivity index (χ3v) is 4.87. The number of hydrogen-bond acceptors (Lipinski definition) is 5.